The molecule has 2 aromatic rings. The number of hydrogen-bond donors (Lipinski definition) is 2. The smallest absolute Gasteiger partial charge is 0.255 e. The lowest BCUT2D eigenvalue weighted by Gasteiger charge is -2.17. The molecule has 1 aliphatic carbocycles. The highest BCUT2D eigenvalue weighted by Crippen LogP contribution is 2.48. The first kappa shape index (κ1) is 19.4. The van der Waals surface area contributed by atoms with Crippen LogP contribution in [-0.2, 0) is 10.2 Å². The lowest BCUT2D eigenvalue weighted by Crippen LogP contribution is -2.35. The van der Waals surface area contributed by atoms with Gasteiger partial charge in [-0.15, -0.1) is 0 Å². The van der Waals surface area contributed by atoms with Gasteiger partial charge in [-0.25, -0.2) is 0 Å². The number of halogens is 1. The minimum atomic E-state index is -0.396. The number of amides is 2. The normalized spacial score (nSPS) is 14.7. The number of nitrogens with one attached hydrogen (secondary N) is 2. The van der Waals surface area contributed by atoms with Crippen LogP contribution in [0.1, 0.15) is 49.0 Å². The monoisotopic (exact) mass is 384 g/mol. The van der Waals surface area contributed by atoms with E-state index >= 15 is 0 Å². The van der Waals surface area contributed by atoms with Gasteiger partial charge in [0.25, 0.3) is 5.91 Å². The van der Waals surface area contributed by atoms with E-state index in [4.69, 9.17) is 11.6 Å². The molecule has 0 bridgehead atoms. The number of benzene rings is 2. The van der Waals surface area contributed by atoms with Gasteiger partial charge < -0.3 is 10.6 Å². The standard InChI is InChI=1S/C22H25ClN2O2/c1-15(2)10-13-24-21(27)22(11-12-22)17-6-8-19(9-7-17)25-20(26)16-4-3-5-18(23)14-16/h3-9,14-15H,10-13H2,1-2H3,(H,24,27)(H,25,26). The van der Waals surface area contributed by atoms with E-state index in [0.717, 1.165) is 24.8 Å². The third kappa shape index (κ3) is 4.69. The van der Waals surface area contributed by atoms with Crippen molar-refractivity contribution in [1.82, 2.24) is 5.32 Å². The second-order valence-corrected chi connectivity index (χ2v) is 8.00. The van der Waals surface area contributed by atoms with Crippen LogP contribution in [0.25, 0.3) is 0 Å². The Kier molecular flexibility index (Phi) is 5.85. The first-order valence-electron chi connectivity index (χ1n) is 9.36. The SMILES string of the molecule is CC(C)CCNC(=O)C1(c2ccc(NC(=O)c3cccc(Cl)c3)cc2)CC1. The maximum Gasteiger partial charge on any atom is 0.255 e. The van der Waals surface area contributed by atoms with Crippen molar-refractivity contribution in [2.45, 2.75) is 38.5 Å². The molecule has 0 atom stereocenters. The summed E-state index contributed by atoms with van der Waals surface area (Å²) in [6.45, 7) is 5.01. The molecule has 0 saturated heterocycles. The summed E-state index contributed by atoms with van der Waals surface area (Å²) < 4.78 is 0. The second kappa shape index (κ2) is 8.13. The van der Waals surface area contributed by atoms with Crippen molar-refractivity contribution in [3.63, 3.8) is 0 Å². The number of anilines is 1. The van der Waals surface area contributed by atoms with Gasteiger partial charge >= 0.3 is 0 Å². The Morgan fingerprint density at radius 1 is 1.11 bits per heavy atom. The zero-order valence-corrected chi connectivity index (χ0v) is 16.5. The molecule has 5 heteroatoms. The fourth-order valence-electron chi connectivity index (χ4n) is 3.12. The molecular formula is C22H25ClN2O2. The molecule has 0 radical (unpaired) electrons. The van der Waals surface area contributed by atoms with Gasteiger partial charge in [0.1, 0.15) is 0 Å². The van der Waals surface area contributed by atoms with E-state index in [2.05, 4.69) is 24.5 Å². The molecule has 0 aromatic heterocycles. The van der Waals surface area contributed by atoms with Crippen LogP contribution >= 0.6 is 11.6 Å². The molecule has 1 aliphatic rings. The van der Waals surface area contributed by atoms with E-state index in [0.29, 0.717) is 28.7 Å². The largest absolute Gasteiger partial charge is 0.355 e. The Morgan fingerprint density at radius 3 is 2.41 bits per heavy atom. The average Bonchev–Trinajstić information content (AvgIpc) is 3.44. The third-order valence-electron chi connectivity index (χ3n) is 4.97. The molecule has 0 unspecified atom stereocenters. The summed E-state index contributed by atoms with van der Waals surface area (Å²) in [5, 5.41) is 6.46. The van der Waals surface area contributed by atoms with Gasteiger partial charge in [0.15, 0.2) is 0 Å². The van der Waals surface area contributed by atoms with Gasteiger partial charge in [0.05, 0.1) is 5.41 Å². The Bertz CT molecular complexity index is 826. The molecule has 142 valence electrons. The van der Waals surface area contributed by atoms with Crippen molar-refractivity contribution < 1.29 is 9.59 Å². The molecule has 4 nitrogen and oxygen atoms in total. The average molecular weight is 385 g/mol. The van der Waals surface area contributed by atoms with Gasteiger partial charge in [-0.1, -0.05) is 43.6 Å². The maximum absolute atomic E-state index is 12.6. The lowest BCUT2D eigenvalue weighted by atomic mass is 9.94. The Morgan fingerprint density at radius 2 is 1.81 bits per heavy atom. The highest BCUT2D eigenvalue weighted by molar-refractivity contribution is 6.31. The van der Waals surface area contributed by atoms with Crippen molar-refractivity contribution in [3.05, 3.63) is 64.7 Å². The van der Waals surface area contributed by atoms with Crippen molar-refractivity contribution in [3.8, 4) is 0 Å². The fraction of sp³-hybridized carbons (Fsp3) is 0.364. The highest BCUT2D eigenvalue weighted by Gasteiger charge is 2.50. The summed E-state index contributed by atoms with van der Waals surface area (Å²) in [6.07, 6.45) is 2.72. The van der Waals surface area contributed by atoms with Gasteiger partial charge in [0.2, 0.25) is 5.91 Å². The number of rotatable bonds is 7. The summed E-state index contributed by atoms with van der Waals surface area (Å²) >= 11 is 5.93. The van der Waals surface area contributed by atoms with E-state index < -0.39 is 5.41 Å². The molecule has 2 N–H and O–H groups in total. The quantitative estimate of drug-likeness (QED) is 0.721. The van der Waals surface area contributed by atoms with E-state index in [-0.39, 0.29) is 11.8 Å². The summed E-state index contributed by atoms with van der Waals surface area (Å²) in [4.78, 5) is 24.9. The van der Waals surface area contributed by atoms with Crippen LogP contribution in [0.5, 0.6) is 0 Å². The zero-order valence-electron chi connectivity index (χ0n) is 15.7. The Balaban J connectivity index is 1.63. The fourth-order valence-corrected chi connectivity index (χ4v) is 3.31. The first-order valence-corrected chi connectivity index (χ1v) is 9.74. The van der Waals surface area contributed by atoms with Crippen molar-refractivity contribution in [2.75, 3.05) is 11.9 Å². The predicted octanol–water partition coefficient (Wildman–Crippen LogP) is 4.79. The van der Waals surface area contributed by atoms with Crippen LogP contribution in [0.15, 0.2) is 48.5 Å². The number of carbonyl (C=O) groups is 2. The number of hydrogen-bond acceptors (Lipinski definition) is 2. The van der Waals surface area contributed by atoms with Crippen LogP contribution < -0.4 is 10.6 Å². The third-order valence-corrected chi connectivity index (χ3v) is 5.21. The van der Waals surface area contributed by atoms with Crippen LogP contribution in [0.3, 0.4) is 0 Å². The van der Waals surface area contributed by atoms with Crippen molar-refractivity contribution >= 4 is 29.1 Å². The summed E-state index contributed by atoms with van der Waals surface area (Å²) in [7, 11) is 0. The molecule has 0 aliphatic heterocycles. The molecule has 2 aromatic carbocycles. The van der Waals surface area contributed by atoms with E-state index in [1.807, 2.05) is 24.3 Å². The summed E-state index contributed by atoms with van der Waals surface area (Å²) in [5.74, 6) is 0.472. The zero-order chi connectivity index (χ0) is 19.4. The van der Waals surface area contributed by atoms with Crippen LogP contribution in [0.4, 0.5) is 5.69 Å². The topological polar surface area (TPSA) is 58.2 Å². The van der Waals surface area contributed by atoms with Gasteiger partial charge in [-0.05, 0) is 61.1 Å². The Hall–Kier alpha value is -2.33. The first-order chi connectivity index (χ1) is 12.9. The second-order valence-electron chi connectivity index (χ2n) is 7.56. The molecule has 0 spiro atoms. The van der Waals surface area contributed by atoms with Crippen LogP contribution in [0.2, 0.25) is 5.02 Å². The van der Waals surface area contributed by atoms with Crippen molar-refractivity contribution in [2.24, 2.45) is 5.92 Å². The highest BCUT2D eigenvalue weighted by atomic mass is 35.5. The molecule has 1 saturated carbocycles. The van der Waals surface area contributed by atoms with Gasteiger partial charge in [0, 0.05) is 22.8 Å². The molecular weight excluding hydrogens is 360 g/mol. The minimum Gasteiger partial charge on any atom is -0.355 e. The molecule has 27 heavy (non-hydrogen) atoms. The van der Waals surface area contributed by atoms with E-state index in [1.54, 1.807) is 24.3 Å². The number of carbonyl (C=O) groups excluding carboxylic acids is 2. The molecule has 0 heterocycles. The van der Waals surface area contributed by atoms with Crippen LogP contribution in [0, 0.1) is 5.92 Å². The maximum atomic E-state index is 12.6. The van der Waals surface area contributed by atoms with E-state index in [9.17, 15) is 9.59 Å². The lowest BCUT2D eigenvalue weighted by molar-refractivity contribution is -0.123. The van der Waals surface area contributed by atoms with Crippen LogP contribution in [-0.4, -0.2) is 18.4 Å². The molecule has 1 fully saturated rings. The summed E-state index contributed by atoms with van der Waals surface area (Å²) in [5.41, 5.74) is 1.81. The van der Waals surface area contributed by atoms with E-state index in [1.165, 1.54) is 0 Å². The Labute approximate surface area is 165 Å². The predicted molar refractivity (Wildman–Crippen MR) is 109 cm³/mol. The van der Waals surface area contributed by atoms with Crippen molar-refractivity contribution in [1.29, 1.82) is 0 Å². The summed E-state index contributed by atoms with van der Waals surface area (Å²) in [6, 6.07) is 14.4. The van der Waals surface area contributed by atoms with Gasteiger partial charge in [-0.3, -0.25) is 9.59 Å². The molecule has 2 amide bonds. The molecule has 3 rings (SSSR count). The minimum absolute atomic E-state index is 0.110. The van der Waals surface area contributed by atoms with Gasteiger partial charge in [-0.2, -0.15) is 0 Å².